The zero-order chi connectivity index (χ0) is 13.0. The maximum absolute atomic E-state index is 10.8. The lowest BCUT2D eigenvalue weighted by atomic mass is 10.2. The number of nitrogens with one attached hydrogen (secondary N) is 1. The van der Waals surface area contributed by atoms with Crippen molar-refractivity contribution in [3.8, 4) is 0 Å². The van der Waals surface area contributed by atoms with Gasteiger partial charge in [-0.15, -0.1) is 0 Å². The van der Waals surface area contributed by atoms with Gasteiger partial charge in [0.1, 0.15) is 0 Å². The van der Waals surface area contributed by atoms with Gasteiger partial charge in [0.15, 0.2) is 0 Å². The largest absolute Gasteiger partial charge is 0.478 e. The first-order valence-corrected chi connectivity index (χ1v) is 6.76. The number of hydrogen-bond donors (Lipinski definition) is 2. The molecule has 1 heterocycles. The Morgan fingerprint density at radius 2 is 2.22 bits per heavy atom. The van der Waals surface area contributed by atoms with E-state index < -0.39 is 5.97 Å². The summed E-state index contributed by atoms with van der Waals surface area (Å²) < 4.78 is 0. The van der Waals surface area contributed by atoms with Crippen LogP contribution < -0.4 is 5.32 Å². The Labute approximate surface area is 114 Å². The highest BCUT2D eigenvalue weighted by atomic mass is 35.5. The van der Waals surface area contributed by atoms with Crippen molar-refractivity contribution in [2.24, 2.45) is 0 Å². The summed E-state index contributed by atoms with van der Waals surface area (Å²) in [5, 5.41) is 16.6. The van der Waals surface area contributed by atoms with Crippen LogP contribution in [0.2, 0.25) is 5.02 Å². The van der Waals surface area contributed by atoms with Gasteiger partial charge in [-0.3, -0.25) is 0 Å². The normalized spacial score (nSPS) is 10.3. The van der Waals surface area contributed by atoms with Gasteiger partial charge in [0.05, 0.1) is 16.3 Å². The number of thiophene rings is 1. The van der Waals surface area contributed by atoms with E-state index in [4.69, 9.17) is 16.7 Å². The van der Waals surface area contributed by atoms with Crippen LogP contribution in [0.5, 0.6) is 0 Å². The Morgan fingerprint density at radius 1 is 1.39 bits per heavy atom. The summed E-state index contributed by atoms with van der Waals surface area (Å²) in [5.41, 5.74) is 2.24. The van der Waals surface area contributed by atoms with Crippen LogP contribution in [-0.4, -0.2) is 17.6 Å². The number of benzene rings is 1. The average Bonchev–Trinajstić information content (AvgIpc) is 2.84. The number of hydrogen-bond acceptors (Lipinski definition) is 3. The first-order valence-electron chi connectivity index (χ1n) is 5.44. The molecular weight excluding hydrogens is 270 g/mol. The molecule has 18 heavy (non-hydrogen) atoms. The number of carboxylic acids is 1. The summed E-state index contributed by atoms with van der Waals surface area (Å²) in [6, 6.07) is 6.78. The first-order chi connectivity index (χ1) is 8.66. The van der Waals surface area contributed by atoms with Gasteiger partial charge in [0, 0.05) is 6.54 Å². The van der Waals surface area contributed by atoms with Crippen molar-refractivity contribution < 1.29 is 9.90 Å². The van der Waals surface area contributed by atoms with Crippen molar-refractivity contribution in [1.82, 2.24) is 0 Å². The minimum atomic E-state index is -0.971. The molecule has 0 bridgehead atoms. The van der Waals surface area contributed by atoms with E-state index in [1.54, 1.807) is 23.5 Å². The topological polar surface area (TPSA) is 49.3 Å². The maximum atomic E-state index is 10.8. The molecule has 0 amide bonds. The van der Waals surface area contributed by atoms with Gasteiger partial charge in [-0.2, -0.15) is 11.3 Å². The predicted molar refractivity (Wildman–Crippen MR) is 74.9 cm³/mol. The van der Waals surface area contributed by atoms with Gasteiger partial charge in [0.2, 0.25) is 0 Å². The zero-order valence-electron chi connectivity index (χ0n) is 9.52. The Bertz CT molecular complexity index is 540. The van der Waals surface area contributed by atoms with Gasteiger partial charge in [-0.25, -0.2) is 4.79 Å². The van der Waals surface area contributed by atoms with Crippen LogP contribution in [0.3, 0.4) is 0 Å². The average molecular weight is 282 g/mol. The number of carboxylic acid groups (broad SMARTS) is 1. The molecule has 3 nitrogen and oxygen atoms in total. The van der Waals surface area contributed by atoms with E-state index in [0.717, 1.165) is 18.7 Å². The summed E-state index contributed by atoms with van der Waals surface area (Å²) in [6.07, 6.45) is 0.917. The number of aromatic carboxylic acids is 1. The van der Waals surface area contributed by atoms with E-state index in [1.165, 1.54) is 11.6 Å². The number of anilines is 1. The Balaban J connectivity index is 1.95. The zero-order valence-corrected chi connectivity index (χ0v) is 11.1. The second kappa shape index (κ2) is 5.89. The fourth-order valence-corrected chi connectivity index (χ4v) is 2.52. The lowest BCUT2D eigenvalue weighted by molar-refractivity contribution is 0.0697. The molecule has 1 aromatic heterocycles. The van der Waals surface area contributed by atoms with Gasteiger partial charge in [-0.05, 0) is 47.0 Å². The van der Waals surface area contributed by atoms with E-state index in [-0.39, 0.29) is 5.56 Å². The van der Waals surface area contributed by atoms with Gasteiger partial charge >= 0.3 is 5.97 Å². The van der Waals surface area contributed by atoms with Crippen LogP contribution in [0.4, 0.5) is 5.69 Å². The second-order valence-corrected chi connectivity index (χ2v) is 5.00. The molecule has 0 aliphatic heterocycles. The van der Waals surface area contributed by atoms with Crippen molar-refractivity contribution in [2.45, 2.75) is 6.42 Å². The van der Waals surface area contributed by atoms with E-state index >= 15 is 0 Å². The summed E-state index contributed by atoms with van der Waals surface area (Å²) in [5.74, 6) is -0.971. The Kier molecular flexibility index (Phi) is 4.23. The van der Waals surface area contributed by atoms with Gasteiger partial charge < -0.3 is 10.4 Å². The van der Waals surface area contributed by atoms with E-state index in [1.807, 2.05) is 5.38 Å². The third-order valence-corrected chi connectivity index (χ3v) is 3.57. The summed E-state index contributed by atoms with van der Waals surface area (Å²) in [7, 11) is 0. The maximum Gasteiger partial charge on any atom is 0.335 e. The summed E-state index contributed by atoms with van der Waals surface area (Å²) >= 11 is 7.69. The molecule has 0 atom stereocenters. The van der Waals surface area contributed by atoms with Gasteiger partial charge in [-0.1, -0.05) is 11.6 Å². The van der Waals surface area contributed by atoms with Crippen molar-refractivity contribution in [2.75, 3.05) is 11.9 Å². The first kappa shape index (κ1) is 12.9. The molecule has 0 saturated heterocycles. The number of carbonyl (C=O) groups is 1. The molecule has 2 aromatic rings. The molecule has 0 unspecified atom stereocenters. The summed E-state index contributed by atoms with van der Waals surface area (Å²) in [6.45, 7) is 0.767. The van der Waals surface area contributed by atoms with Crippen LogP contribution in [0.1, 0.15) is 15.9 Å². The fraction of sp³-hybridized carbons (Fsp3) is 0.154. The number of halogens is 1. The van der Waals surface area contributed by atoms with E-state index in [9.17, 15) is 4.79 Å². The minimum Gasteiger partial charge on any atom is -0.478 e. The number of rotatable bonds is 5. The Hall–Kier alpha value is -1.52. The third kappa shape index (κ3) is 3.24. The van der Waals surface area contributed by atoms with Crippen LogP contribution in [0.15, 0.2) is 35.0 Å². The third-order valence-electron chi connectivity index (χ3n) is 2.53. The highest BCUT2D eigenvalue weighted by molar-refractivity contribution is 7.07. The van der Waals surface area contributed by atoms with Crippen molar-refractivity contribution in [3.63, 3.8) is 0 Å². The minimum absolute atomic E-state index is 0.198. The van der Waals surface area contributed by atoms with E-state index in [2.05, 4.69) is 16.8 Å². The lowest BCUT2D eigenvalue weighted by Crippen LogP contribution is -2.05. The van der Waals surface area contributed by atoms with Crippen LogP contribution in [0.25, 0.3) is 0 Å². The lowest BCUT2D eigenvalue weighted by Gasteiger charge is -2.08. The molecule has 2 N–H and O–H groups in total. The van der Waals surface area contributed by atoms with Crippen molar-refractivity contribution in [3.05, 3.63) is 51.2 Å². The molecule has 1 aromatic carbocycles. The fourth-order valence-electron chi connectivity index (χ4n) is 1.57. The van der Waals surface area contributed by atoms with Crippen LogP contribution in [-0.2, 0) is 6.42 Å². The molecule has 2 rings (SSSR count). The van der Waals surface area contributed by atoms with Crippen LogP contribution in [0, 0.1) is 0 Å². The molecule has 0 aliphatic rings. The highest BCUT2D eigenvalue weighted by Crippen LogP contribution is 2.23. The molecular formula is C13H12ClNO2S. The SMILES string of the molecule is O=C(O)c1ccc(NCCc2ccsc2)c(Cl)c1. The smallest absolute Gasteiger partial charge is 0.335 e. The molecule has 5 heteroatoms. The molecule has 0 spiro atoms. The molecule has 0 saturated carbocycles. The van der Waals surface area contributed by atoms with Gasteiger partial charge in [0.25, 0.3) is 0 Å². The predicted octanol–water partition coefficient (Wildman–Crippen LogP) is 3.75. The molecule has 94 valence electrons. The highest BCUT2D eigenvalue weighted by Gasteiger charge is 2.06. The molecule has 0 aliphatic carbocycles. The Morgan fingerprint density at radius 3 is 2.83 bits per heavy atom. The monoisotopic (exact) mass is 281 g/mol. The molecule has 0 radical (unpaired) electrons. The van der Waals surface area contributed by atoms with E-state index in [0.29, 0.717) is 5.02 Å². The quantitative estimate of drug-likeness (QED) is 0.877. The van der Waals surface area contributed by atoms with Crippen molar-refractivity contribution in [1.29, 1.82) is 0 Å². The molecule has 0 fully saturated rings. The summed E-state index contributed by atoms with van der Waals surface area (Å²) in [4.78, 5) is 10.8. The van der Waals surface area contributed by atoms with Crippen molar-refractivity contribution >= 4 is 34.6 Å². The second-order valence-electron chi connectivity index (χ2n) is 3.81. The standard InChI is InChI=1S/C13H12ClNO2S/c14-11-7-10(13(16)17)1-2-12(11)15-5-3-9-4-6-18-8-9/h1-2,4,6-8,15H,3,5H2,(H,16,17). The van der Waals surface area contributed by atoms with Crippen LogP contribution >= 0.6 is 22.9 Å².